The number of amides is 1. The van der Waals surface area contributed by atoms with Crippen LogP contribution in [0.5, 0.6) is 0 Å². The Bertz CT molecular complexity index is 845. The van der Waals surface area contributed by atoms with Crippen molar-refractivity contribution in [3.8, 4) is 0 Å². The maximum Gasteiger partial charge on any atom is 0.292 e. The van der Waals surface area contributed by atoms with E-state index in [9.17, 15) is 14.9 Å². The highest BCUT2D eigenvalue weighted by Gasteiger charge is 2.24. The number of piperazine rings is 1. The molecule has 1 heterocycles. The molecule has 0 bridgehead atoms. The molecule has 1 aliphatic rings. The van der Waals surface area contributed by atoms with E-state index in [1.165, 1.54) is 6.07 Å². The molecule has 3 rings (SSSR count). The first-order valence-corrected chi connectivity index (χ1v) is 9.02. The van der Waals surface area contributed by atoms with Gasteiger partial charge < -0.3 is 10.2 Å². The Balaban J connectivity index is 1.56. The number of benzene rings is 2. The molecule has 0 saturated carbocycles. The van der Waals surface area contributed by atoms with Gasteiger partial charge in [0.15, 0.2) is 0 Å². The van der Waals surface area contributed by atoms with Gasteiger partial charge in [-0.25, -0.2) is 0 Å². The highest BCUT2D eigenvalue weighted by molar-refractivity contribution is 5.93. The Kier molecular flexibility index (Phi) is 5.71. The Hall–Kier alpha value is -2.93. The second-order valence-corrected chi connectivity index (χ2v) is 6.80. The summed E-state index contributed by atoms with van der Waals surface area (Å²) >= 11 is 0. The summed E-state index contributed by atoms with van der Waals surface area (Å²) in [6.45, 7) is 7.02. The first kappa shape index (κ1) is 18.8. The lowest BCUT2D eigenvalue weighted by atomic mass is 10.1. The number of anilines is 2. The SMILES string of the molecule is Cc1cccc(NC(=O)CN2CCN(c3ccccc3[N+](=O)[O-])CC2)c1C. The van der Waals surface area contributed by atoms with Crippen molar-refractivity contribution >= 4 is 23.0 Å². The number of rotatable bonds is 5. The number of aryl methyl sites for hydroxylation is 1. The molecule has 0 aromatic heterocycles. The summed E-state index contributed by atoms with van der Waals surface area (Å²) in [5.74, 6) is -0.0390. The van der Waals surface area contributed by atoms with E-state index >= 15 is 0 Å². The third-order valence-corrected chi connectivity index (χ3v) is 5.04. The van der Waals surface area contributed by atoms with Crippen LogP contribution >= 0.6 is 0 Å². The molecular formula is C20H24N4O3. The molecule has 1 N–H and O–H groups in total. The quantitative estimate of drug-likeness (QED) is 0.648. The van der Waals surface area contributed by atoms with Gasteiger partial charge in [0, 0.05) is 37.9 Å². The molecule has 2 aromatic carbocycles. The first-order chi connectivity index (χ1) is 13.0. The summed E-state index contributed by atoms with van der Waals surface area (Å²) in [5.41, 5.74) is 3.83. The number of hydrogen-bond acceptors (Lipinski definition) is 5. The number of carbonyl (C=O) groups excluding carboxylic acids is 1. The molecule has 7 nitrogen and oxygen atoms in total. The highest BCUT2D eigenvalue weighted by atomic mass is 16.6. The van der Waals surface area contributed by atoms with Crippen molar-refractivity contribution in [2.24, 2.45) is 0 Å². The topological polar surface area (TPSA) is 78.7 Å². The molecule has 0 aliphatic carbocycles. The van der Waals surface area contributed by atoms with Crippen LogP contribution < -0.4 is 10.2 Å². The lowest BCUT2D eigenvalue weighted by Crippen LogP contribution is -2.48. The molecule has 0 atom stereocenters. The molecule has 0 radical (unpaired) electrons. The Morgan fingerprint density at radius 2 is 1.78 bits per heavy atom. The minimum absolute atomic E-state index is 0.0390. The molecule has 1 saturated heterocycles. The minimum Gasteiger partial charge on any atom is -0.363 e. The fourth-order valence-electron chi connectivity index (χ4n) is 3.31. The van der Waals surface area contributed by atoms with Gasteiger partial charge in [0.25, 0.3) is 5.69 Å². The van der Waals surface area contributed by atoms with E-state index in [1.807, 2.05) is 43.0 Å². The summed E-state index contributed by atoms with van der Waals surface area (Å²) in [7, 11) is 0. The van der Waals surface area contributed by atoms with Crippen LogP contribution in [-0.2, 0) is 4.79 Å². The number of carbonyl (C=O) groups is 1. The summed E-state index contributed by atoms with van der Waals surface area (Å²) in [6.07, 6.45) is 0. The molecule has 1 amide bonds. The van der Waals surface area contributed by atoms with Gasteiger partial charge in [-0.15, -0.1) is 0 Å². The molecule has 0 spiro atoms. The second kappa shape index (κ2) is 8.18. The van der Waals surface area contributed by atoms with E-state index in [1.54, 1.807) is 12.1 Å². The van der Waals surface area contributed by atoms with E-state index < -0.39 is 0 Å². The lowest BCUT2D eigenvalue weighted by molar-refractivity contribution is -0.384. The van der Waals surface area contributed by atoms with Crippen LogP contribution in [0.25, 0.3) is 0 Å². The van der Waals surface area contributed by atoms with E-state index in [4.69, 9.17) is 0 Å². The Labute approximate surface area is 158 Å². The van der Waals surface area contributed by atoms with E-state index in [-0.39, 0.29) is 16.5 Å². The summed E-state index contributed by atoms with van der Waals surface area (Å²) in [4.78, 5) is 27.3. The van der Waals surface area contributed by atoms with Crippen LogP contribution in [0.3, 0.4) is 0 Å². The van der Waals surface area contributed by atoms with Gasteiger partial charge >= 0.3 is 0 Å². The minimum atomic E-state index is -0.348. The number of nitro groups is 1. The van der Waals surface area contributed by atoms with Gasteiger partial charge in [0.1, 0.15) is 5.69 Å². The van der Waals surface area contributed by atoms with Gasteiger partial charge in [-0.2, -0.15) is 0 Å². The van der Waals surface area contributed by atoms with Crippen molar-refractivity contribution in [3.63, 3.8) is 0 Å². The molecule has 0 unspecified atom stereocenters. The third-order valence-electron chi connectivity index (χ3n) is 5.04. The van der Waals surface area contributed by atoms with Crippen molar-refractivity contribution < 1.29 is 9.72 Å². The van der Waals surface area contributed by atoms with Crippen LogP contribution in [-0.4, -0.2) is 48.5 Å². The molecule has 2 aromatic rings. The average molecular weight is 368 g/mol. The number of nitrogens with one attached hydrogen (secondary N) is 1. The number of nitro benzene ring substituents is 1. The zero-order valence-electron chi connectivity index (χ0n) is 15.6. The number of hydrogen-bond donors (Lipinski definition) is 1. The molecule has 1 aliphatic heterocycles. The molecule has 7 heteroatoms. The van der Waals surface area contributed by atoms with Crippen molar-refractivity contribution in [1.29, 1.82) is 0 Å². The van der Waals surface area contributed by atoms with Crippen LogP contribution in [0, 0.1) is 24.0 Å². The fourth-order valence-corrected chi connectivity index (χ4v) is 3.31. The van der Waals surface area contributed by atoms with E-state index in [0.29, 0.717) is 38.4 Å². The van der Waals surface area contributed by atoms with Gasteiger partial charge in [0.2, 0.25) is 5.91 Å². The van der Waals surface area contributed by atoms with Gasteiger partial charge in [-0.1, -0.05) is 24.3 Å². The molecule has 1 fully saturated rings. The largest absolute Gasteiger partial charge is 0.363 e. The predicted molar refractivity (Wildman–Crippen MR) is 106 cm³/mol. The number of nitrogens with zero attached hydrogens (tertiary/aromatic N) is 3. The highest BCUT2D eigenvalue weighted by Crippen LogP contribution is 2.28. The van der Waals surface area contributed by atoms with Crippen LogP contribution in [0.2, 0.25) is 0 Å². The summed E-state index contributed by atoms with van der Waals surface area (Å²) < 4.78 is 0. The summed E-state index contributed by atoms with van der Waals surface area (Å²) in [6, 6.07) is 12.7. The van der Waals surface area contributed by atoms with Crippen LogP contribution in [0.4, 0.5) is 17.1 Å². The zero-order valence-corrected chi connectivity index (χ0v) is 15.6. The average Bonchev–Trinajstić information content (AvgIpc) is 2.66. The second-order valence-electron chi connectivity index (χ2n) is 6.80. The first-order valence-electron chi connectivity index (χ1n) is 9.02. The normalized spacial score (nSPS) is 14.8. The smallest absolute Gasteiger partial charge is 0.292 e. The zero-order chi connectivity index (χ0) is 19.4. The van der Waals surface area contributed by atoms with Crippen molar-refractivity contribution in [3.05, 3.63) is 63.7 Å². The van der Waals surface area contributed by atoms with Crippen molar-refractivity contribution in [2.75, 3.05) is 42.9 Å². The van der Waals surface area contributed by atoms with E-state index in [2.05, 4.69) is 10.2 Å². The Morgan fingerprint density at radius 1 is 1.07 bits per heavy atom. The fraction of sp³-hybridized carbons (Fsp3) is 0.350. The van der Waals surface area contributed by atoms with Crippen LogP contribution in [0.15, 0.2) is 42.5 Å². The number of para-hydroxylation sites is 2. The van der Waals surface area contributed by atoms with Crippen molar-refractivity contribution in [1.82, 2.24) is 4.90 Å². The predicted octanol–water partition coefficient (Wildman–Crippen LogP) is 2.97. The molecular weight excluding hydrogens is 344 g/mol. The molecule has 27 heavy (non-hydrogen) atoms. The summed E-state index contributed by atoms with van der Waals surface area (Å²) in [5, 5.41) is 14.2. The monoisotopic (exact) mass is 368 g/mol. The standard InChI is InChI=1S/C20H24N4O3/c1-15-6-5-7-17(16(15)2)21-20(25)14-22-10-12-23(13-11-22)18-8-3-4-9-19(18)24(26)27/h3-9H,10-14H2,1-2H3,(H,21,25). The van der Waals surface area contributed by atoms with Gasteiger partial charge in [-0.3, -0.25) is 19.8 Å². The Morgan fingerprint density at radius 3 is 2.48 bits per heavy atom. The lowest BCUT2D eigenvalue weighted by Gasteiger charge is -2.35. The van der Waals surface area contributed by atoms with Gasteiger partial charge in [-0.05, 0) is 37.1 Å². The molecule has 142 valence electrons. The van der Waals surface area contributed by atoms with Crippen molar-refractivity contribution in [2.45, 2.75) is 13.8 Å². The third kappa shape index (κ3) is 4.43. The van der Waals surface area contributed by atoms with E-state index in [0.717, 1.165) is 16.8 Å². The maximum atomic E-state index is 12.4. The van der Waals surface area contributed by atoms with Crippen LogP contribution in [0.1, 0.15) is 11.1 Å². The van der Waals surface area contributed by atoms with Gasteiger partial charge in [0.05, 0.1) is 11.5 Å². The maximum absolute atomic E-state index is 12.4.